The summed E-state index contributed by atoms with van der Waals surface area (Å²) < 4.78 is 0. The van der Waals surface area contributed by atoms with Crippen molar-refractivity contribution in [1.29, 1.82) is 0 Å². The van der Waals surface area contributed by atoms with Crippen LogP contribution in [0.15, 0.2) is 23.3 Å². The molecule has 0 bridgehead atoms. The summed E-state index contributed by atoms with van der Waals surface area (Å²) >= 11 is 0. The van der Waals surface area contributed by atoms with Crippen LogP contribution in [0.5, 0.6) is 5.75 Å². The summed E-state index contributed by atoms with van der Waals surface area (Å²) in [7, 11) is 0. The molecule has 1 aromatic carbocycles. The molecule has 1 saturated heterocycles. The van der Waals surface area contributed by atoms with Crippen LogP contribution in [0.2, 0.25) is 0 Å². The molecule has 3 rings (SSSR count). The number of piperidine rings is 1. The predicted molar refractivity (Wildman–Crippen MR) is 78.3 cm³/mol. The van der Waals surface area contributed by atoms with Crippen LogP contribution in [0.4, 0.5) is 5.69 Å². The maximum absolute atomic E-state index is 11.0. The van der Waals surface area contributed by atoms with Gasteiger partial charge in [-0.05, 0) is 18.2 Å². The van der Waals surface area contributed by atoms with Crippen LogP contribution < -0.4 is 5.43 Å². The van der Waals surface area contributed by atoms with Crippen LogP contribution in [0, 0.1) is 16.0 Å². The van der Waals surface area contributed by atoms with E-state index in [9.17, 15) is 15.2 Å². The van der Waals surface area contributed by atoms with Crippen molar-refractivity contribution >= 4 is 11.4 Å². The maximum Gasteiger partial charge on any atom is 0.311 e. The minimum Gasteiger partial charge on any atom is -0.502 e. The van der Waals surface area contributed by atoms with Crippen molar-refractivity contribution < 1.29 is 10.0 Å². The van der Waals surface area contributed by atoms with E-state index >= 15 is 0 Å². The second-order valence-electron chi connectivity index (χ2n) is 5.46. The lowest BCUT2D eigenvalue weighted by atomic mass is 9.86. The maximum atomic E-state index is 11.0. The molecule has 2 aliphatic rings. The average Bonchev–Trinajstić information content (AvgIpc) is 2.90. The van der Waals surface area contributed by atoms with E-state index in [4.69, 9.17) is 0 Å². The highest BCUT2D eigenvalue weighted by Gasteiger charge is 2.37. The van der Waals surface area contributed by atoms with Crippen molar-refractivity contribution in [3.8, 4) is 5.75 Å². The van der Waals surface area contributed by atoms with Gasteiger partial charge in [0.1, 0.15) is 0 Å². The second-order valence-corrected chi connectivity index (χ2v) is 5.46. The molecular formula is C14H18N4O3. The summed E-state index contributed by atoms with van der Waals surface area (Å²) in [5, 5.41) is 24.9. The molecule has 2 N–H and O–H groups in total. The molecule has 2 aliphatic heterocycles. The normalized spacial score (nSPS) is 25.1. The molecule has 7 heteroatoms. The molecule has 1 fully saturated rings. The highest BCUT2D eigenvalue weighted by molar-refractivity contribution is 5.90. The largest absolute Gasteiger partial charge is 0.502 e. The van der Waals surface area contributed by atoms with Gasteiger partial charge < -0.3 is 15.4 Å². The molecule has 0 radical (unpaired) electrons. The second kappa shape index (κ2) is 5.33. The summed E-state index contributed by atoms with van der Waals surface area (Å²) in [6, 6.07) is 4.49. The molecule has 21 heavy (non-hydrogen) atoms. The van der Waals surface area contributed by atoms with Crippen molar-refractivity contribution in [1.82, 2.24) is 10.3 Å². The topological polar surface area (TPSA) is 91.0 Å². The Bertz CT molecular complexity index is 602. The molecule has 7 nitrogen and oxygen atoms in total. The van der Waals surface area contributed by atoms with Gasteiger partial charge in [-0.2, -0.15) is 5.10 Å². The Kier molecular flexibility index (Phi) is 3.50. The molecule has 2 atom stereocenters. The Morgan fingerprint density at radius 1 is 1.57 bits per heavy atom. The number of fused-ring (bicyclic) bond motifs is 1. The van der Waals surface area contributed by atoms with Gasteiger partial charge in [-0.25, -0.2) is 0 Å². The van der Waals surface area contributed by atoms with Crippen LogP contribution in [0.3, 0.4) is 0 Å². The molecule has 112 valence electrons. The van der Waals surface area contributed by atoms with E-state index in [2.05, 4.69) is 22.4 Å². The summed E-state index contributed by atoms with van der Waals surface area (Å²) in [6.45, 7) is 5.04. The number of benzene rings is 1. The Balaban J connectivity index is 1.88. The van der Waals surface area contributed by atoms with Crippen LogP contribution in [-0.2, 0) is 0 Å². The first kappa shape index (κ1) is 13.8. The third-order valence-electron chi connectivity index (χ3n) is 4.32. The number of nitrogens with one attached hydrogen (secondary N) is 1. The molecule has 2 unspecified atom stereocenters. The van der Waals surface area contributed by atoms with E-state index in [1.54, 1.807) is 6.07 Å². The number of rotatable bonds is 3. The monoisotopic (exact) mass is 290 g/mol. The number of hydrogen-bond donors (Lipinski definition) is 2. The van der Waals surface area contributed by atoms with Gasteiger partial charge in [0.25, 0.3) is 0 Å². The first-order chi connectivity index (χ1) is 10.1. The lowest BCUT2D eigenvalue weighted by Gasteiger charge is -2.32. The Morgan fingerprint density at radius 3 is 3.10 bits per heavy atom. The first-order valence-corrected chi connectivity index (χ1v) is 7.11. The number of nitrogens with zero attached hydrogens (tertiary/aromatic N) is 3. The molecule has 0 saturated carbocycles. The van der Waals surface area contributed by atoms with Gasteiger partial charge >= 0.3 is 5.69 Å². The van der Waals surface area contributed by atoms with Gasteiger partial charge in [-0.3, -0.25) is 10.1 Å². The number of aromatic hydroxyl groups is 1. The van der Waals surface area contributed by atoms with E-state index in [1.165, 1.54) is 12.1 Å². The van der Waals surface area contributed by atoms with Gasteiger partial charge in [0.15, 0.2) is 5.75 Å². The van der Waals surface area contributed by atoms with Crippen LogP contribution in [0.25, 0.3) is 0 Å². The zero-order valence-corrected chi connectivity index (χ0v) is 11.8. The molecule has 0 aromatic heterocycles. The summed E-state index contributed by atoms with van der Waals surface area (Å²) in [6.07, 6.45) is 0.933. The first-order valence-electron chi connectivity index (χ1n) is 7.11. The summed E-state index contributed by atoms with van der Waals surface area (Å²) in [5.41, 5.74) is 4.78. The zero-order chi connectivity index (χ0) is 15.0. The van der Waals surface area contributed by atoms with E-state index in [0.29, 0.717) is 0 Å². The number of hydrazone groups is 1. The van der Waals surface area contributed by atoms with E-state index in [-0.39, 0.29) is 23.4 Å². The highest BCUT2D eigenvalue weighted by Crippen LogP contribution is 2.36. The molecule has 0 amide bonds. The molecular weight excluding hydrogens is 272 g/mol. The third kappa shape index (κ3) is 2.44. The van der Waals surface area contributed by atoms with Gasteiger partial charge in [-0.1, -0.05) is 13.0 Å². The van der Waals surface area contributed by atoms with Crippen molar-refractivity contribution in [2.75, 3.05) is 19.6 Å². The van der Waals surface area contributed by atoms with Crippen molar-refractivity contribution in [3.05, 3.63) is 33.9 Å². The molecule has 2 heterocycles. The standard InChI is InChI=1S/C14H18N4O3/c1-2-17-6-5-11-10(8-17)14(16-15-11)9-3-4-13(19)12(7-9)18(20)21/h3-4,7,10,14,16,19H,2,5-6,8H2,1H3. The molecule has 1 aromatic rings. The SMILES string of the molecule is CCN1CCC2=NNC(c3ccc(O)c([N+](=O)[O-])c3)C2C1. The number of phenolic OH excluding ortho intramolecular Hbond substituents is 1. The number of hydrogen-bond acceptors (Lipinski definition) is 6. The third-order valence-corrected chi connectivity index (χ3v) is 4.32. The number of phenols is 1. The van der Waals surface area contributed by atoms with Crippen LogP contribution in [0.1, 0.15) is 24.9 Å². The predicted octanol–water partition coefficient (Wildman–Crippen LogP) is 1.64. The Morgan fingerprint density at radius 2 is 2.38 bits per heavy atom. The van der Waals surface area contributed by atoms with Gasteiger partial charge in [0, 0.05) is 37.2 Å². The average molecular weight is 290 g/mol. The Labute approximate surface area is 122 Å². The minimum absolute atomic E-state index is 0.0614. The Hall–Kier alpha value is -2.15. The lowest BCUT2D eigenvalue weighted by molar-refractivity contribution is -0.385. The van der Waals surface area contributed by atoms with Crippen LogP contribution >= 0.6 is 0 Å². The quantitative estimate of drug-likeness (QED) is 0.652. The summed E-state index contributed by atoms with van der Waals surface area (Å²) in [5.74, 6) is -0.0652. The fourth-order valence-electron chi connectivity index (χ4n) is 3.09. The van der Waals surface area contributed by atoms with Gasteiger partial charge in [0.2, 0.25) is 0 Å². The minimum atomic E-state index is -0.561. The number of nitro groups is 1. The summed E-state index contributed by atoms with van der Waals surface area (Å²) in [4.78, 5) is 12.8. The highest BCUT2D eigenvalue weighted by atomic mass is 16.6. The van der Waals surface area contributed by atoms with Crippen molar-refractivity contribution in [2.24, 2.45) is 11.0 Å². The van der Waals surface area contributed by atoms with E-state index in [1.807, 2.05) is 0 Å². The van der Waals surface area contributed by atoms with Gasteiger partial charge in [-0.15, -0.1) is 0 Å². The van der Waals surface area contributed by atoms with Crippen molar-refractivity contribution in [3.63, 3.8) is 0 Å². The number of nitro benzene ring substituents is 1. The molecule has 0 spiro atoms. The van der Waals surface area contributed by atoms with E-state index in [0.717, 1.165) is 37.3 Å². The zero-order valence-electron chi connectivity index (χ0n) is 11.8. The van der Waals surface area contributed by atoms with E-state index < -0.39 is 4.92 Å². The smallest absolute Gasteiger partial charge is 0.311 e. The number of likely N-dealkylation sites (tertiary alicyclic amines) is 1. The fraction of sp³-hybridized carbons (Fsp3) is 0.500. The van der Waals surface area contributed by atoms with Crippen LogP contribution in [-0.4, -0.2) is 40.3 Å². The van der Waals surface area contributed by atoms with Gasteiger partial charge in [0.05, 0.1) is 11.0 Å². The fourth-order valence-corrected chi connectivity index (χ4v) is 3.09. The lowest BCUT2D eigenvalue weighted by Crippen LogP contribution is -2.41. The molecule has 0 aliphatic carbocycles. The van der Waals surface area contributed by atoms with Crippen molar-refractivity contribution in [2.45, 2.75) is 19.4 Å².